The van der Waals surface area contributed by atoms with Gasteiger partial charge in [0.05, 0.1) is 0 Å². The third kappa shape index (κ3) is 3.06. The summed E-state index contributed by atoms with van der Waals surface area (Å²) < 4.78 is 2.12. The van der Waals surface area contributed by atoms with Crippen molar-refractivity contribution in [1.29, 1.82) is 0 Å². The zero-order valence-electron chi connectivity index (χ0n) is 9.58. The maximum Gasteiger partial charge on any atom is 0.108 e. The molecule has 0 radical (unpaired) electrons. The number of hydrogen-bond acceptors (Lipinski definition) is 2. The zero-order chi connectivity index (χ0) is 10.5. The standard InChI is InChI=1S/C12H21N3/c1-15-10-9-14-12(15)7-6-11-5-3-2-4-8-13-11/h9-11,13H,2-8H2,1H3. The first-order valence-corrected chi connectivity index (χ1v) is 6.06. The van der Waals surface area contributed by atoms with Crippen LogP contribution in [0.2, 0.25) is 0 Å². The Morgan fingerprint density at radius 2 is 2.40 bits per heavy atom. The fraction of sp³-hybridized carbons (Fsp3) is 0.750. The van der Waals surface area contributed by atoms with E-state index in [4.69, 9.17) is 0 Å². The molecule has 0 amide bonds. The van der Waals surface area contributed by atoms with E-state index >= 15 is 0 Å². The lowest BCUT2D eigenvalue weighted by Gasteiger charge is -2.15. The second-order valence-electron chi connectivity index (χ2n) is 4.49. The molecule has 3 nitrogen and oxygen atoms in total. The van der Waals surface area contributed by atoms with E-state index in [-0.39, 0.29) is 0 Å². The summed E-state index contributed by atoms with van der Waals surface area (Å²) in [6, 6.07) is 0.712. The van der Waals surface area contributed by atoms with Crippen molar-refractivity contribution in [3.8, 4) is 0 Å². The molecule has 1 unspecified atom stereocenters. The largest absolute Gasteiger partial charge is 0.338 e. The lowest BCUT2D eigenvalue weighted by atomic mass is 10.1. The minimum atomic E-state index is 0.712. The van der Waals surface area contributed by atoms with Crippen LogP contribution in [-0.4, -0.2) is 22.1 Å². The smallest absolute Gasteiger partial charge is 0.108 e. The van der Waals surface area contributed by atoms with E-state index in [2.05, 4.69) is 21.9 Å². The van der Waals surface area contributed by atoms with Crippen molar-refractivity contribution >= 4 is 0 Å². The third-order valence-electron chi connectivity index (χ3n) is 3.30. The predicted molar refractivity (Wildman–Crippen MR) is 61.8 cm³/mol. The van der Waals surface area contributed by atoms with Crippen LogP contribution in [0.15, 0.2) is 12.4 Å². The second-order valence-corrected chi connectivity index (χ2v) is 4.49. The molecular formula is C12H21N3. The maximum absolute atomic E-state index is 4.36. The molecule has 0 bridgehead atoms. The van der Waals surface area contributed by atoms with Crippen molar-refractivity contribution in [2.75, 3.05) is 6.54 Å². The predicted octanol–water partition coefficient (Wildman–Crippen LogP) is 1.88. The van der Waals surface area contributed by atoms with Gasteiger partial charge in [0, 0.05) is 31.9 Å². The van der Waals surface area contributed by atoms with Gasteiger partial charge in [-0.15, -0.1) is 0 Å². The normalized spacial score (nSPS) is 22.6. The van der Waals surface area contributed by atoms with Gasteiger partial charge in [0.15, 0.2) is 0 Å². The van der Waals surface area contributed by atoms with Crippen LogP contribution < -0.4 is 5.32 Å². The molecule has 1 aromatic heterocycles. The first kappa shape index (κ1) is 10.7. The summed E-state index contributed by atoms with van der Waals surface area (Å²) in [5.41, 5.74) is 0. The van der Waals surface area contributed by atoms with E-state index in [0.717, 1.165) is 6.42 Å². The maximum atomic E-state index is 4.36. The summed E-state index contributed by atoms with van der Waals surface area (Å²) in [4.78, 5) is 4.36. The van der Waals surface area contributed by atoms with Gasteiger partial charge in [-0.05, 0) is 25.8 Å². The van der Waals surface area contributed by atoms with Gasteiger partial charge < -0.3 is 9.88 Å². The topological polar surface area (TPSA) is 29.9 Å². The van der Waals surface area contributed by atoms with Crippen molar-refractivity contribution in [3.05, 3.63) is 18.2 Å². The number of aryl methyl sites for hydroxylation is 2. The molecule has 0 aromatic carbocycles. The van der Waals surface area contributed by atoms with E-state index in [9.17, 15) is 0 Å². The third-order valence-corrected chi connectivity index (χ3v) is 3.30. The summed E-state index contributed by atoms with van der Waals surface area (Å²) >= 11 is 0. The zero-order valence-corrected chi connectivity index (χ0v) is 9.58. The molecule has 1 aliphatic rings. The highest BCUT2D eigenvalue weighted by atomic mass is 15.0. The van der Waals surface area contributed by atoms with E-state index in [0.29, 0.717) is 6.04 Å². The van der Waals surface area contributed by atoms with Crippen molar-refractivity contribution in [1.82, 2.24) is 14.9 Å². The Labute approximate surface area is 91.9 Å². The number of aromatic nitrogens is 2. The van der Waals surface area contributed by atoms with Crippen LogP contribution in [0.5, 0.6) is 0 Å². The molecule has 1 atom stereocenters. The van der Waals surface area contributed by atoms with Gasteiger partial charge in [-0.25, -0.2) is 4.98 Å². The van der Waals surface area contributed by atoms with Crippen molar-refractivity contribution in [3.63, 3.8) is 0 Å². The fourth-order valence-electron chi connectivity index (χ4n) is 2.29. The minimum absolute atomic E-state index is 0.712. The van der Waals surface area contributed by atoms with Crippen LogP contribution in [0, 0.1) is 0 Å². The number of nitrogens with one attached hydrogen (secondary N) is 1. The van der Waals surface area contributed by atoms with Crippen LogP contribution in [0.1, 0.15) is 37.9 Å². The van der Waals surface area contributed by atoms with E-state index in [1.165, 1.54) is 44.5 Å². The summed E-state index contributed by atoms with van der Waals surface area (Å²) in [6.45, 7) is 1.20. The van der Waals surface area contributed by atoms with Gasteiger partial charge >= 0.3 is 0 Å². The molecule has 1 saturated heterocycles. The Kier molecular flexibility index (Phi) is 3.78. The molecule has 1 N–H and O–H groups in total. The Morgan fingerprint density at radius 3 is 3.20 bits per heavy atom. The Morgan fingerprint density at radius 1 is 1.47 bits per heavy atom. The number of imidazole rings is 1. The van der Waals surface area contributed by atoms with Crippen LogP contribution in [-0.2, 0) is 13.5 Å². The lowest BCUT2D eigenvalue weighted by molar-refractivity contribution is 0.471. The molecule has 0 aliphatic carbocycles. The summed E-state index contributed by atoms with van der Waals surface area (Å²) in [5.74, 6) is 1.21. The quantitative estimate of drug-likeness (QED) is 0.820. The molecule has 0 saturated carbocycles. The van der Waals surface area contributed by atoms with Crippen LogP contribution in [0.4, 0.5) is 0 Å². The van der Waals surface area contributed by atoms with E-state index in [1.54, 1.807) is 0 Å². The Balaban J connectivity index is 1.79. The van der Waals surface area contributed by atoms with Gasteiger partial charge in [-0.2, -0.15) is 0 Å². The molecule has 2 rings (SSSR count). The molecule has 1 aromatic rings. The van der Waals surface area contributed by atoms with Crippen molar-refractivity contribution in [2.24, 2.45) is 7.05 Å². The van der Waals surface area contributed by atoms with Crippen LogP contribution in [0.25, 0.3) is 0 Å². The Hall–Kier alpha value is -0.830. The number of rotatable bonds is 3. The van der Waals surface area contributed by atoms with E-state index in [1.807, 2.05) is 12.4 Å². The van der Waals surface area contributed by atoms with E-state index < -0.39 is 0 Å². The summed E-state index contributed by atoms with van der Waals surface area (Å²) in [7, 11) is 2.07. The molecule has 15 heavy (non-hydrogen) atoms. The second kappa shape index (κ2) is 5.31. The summed E-state index contributed by atoms with van der Waals surface area (Å²) in [6.07, 6.45) is 11.7. The SMILES string of the molecule is Cn1ccnc1CCC1CCCCCN1. The van der Waals surface area contributed by atoms with Gasteiger partial charge in [0.2, 0.25) is 0 Å². The first-order chi connectivity index (χ1) is 7.36. The molecule has 1 aliphatic heterocycles. The highest BCUT2D eigenvalue weighted by Crippen LogP contribution is 2.12. The van der Waals surface area contributed by atoms with Gasteiger partial charge in [-0.3, -0.25) is 0 Å². The highest BCUT2D eigenvalue weighted by molar-refractivity contribution is 4.92. The number of nitrogens with zero attached hydrogens (tertiary/aromatic N) is 2. The van der Waals surface area contributed by atoms with Gasteiger partial charge in [0.1, 0.15) is 5.82 Å². The molecular weight excluding hydrogens is 186 g/mol. The average molecular weight is 207 g/mol. The molecule has 84 valence electrons. The highest BCUT2D eigenvalue weighted by Gasteiger charge is 2.12. The molecule has 1 fully saturated rings. The van der Waals surface area contributed by atoms with Crippen LogP contribution >= 0.6 is 0 Å². The minimum Gasteiger partial charge on any atom is -0.338 e. The van der Waals surface area contributed by atoms with Gasteiger partial charge in [0.25, 0.3) is 0 Å². The molecule has 3 heteroatoms. The fourth-order valence-corrected chi connectivity index (χ4v) is 2.29. The van der Waals surface area contributed by atoms with Gasteiger partial charge in [-0.1, -0.05) is 12.8 Å². The lowest BCUT2D eigenvalue weighted by Crippen LogP contribution is -2.28. The summed E-state index contributed by atoms with van der Waals surface area (Å²) in [5, 5.41) is 3.63. The molecule has 2 heterocycles. The van der Waals surface area contributed by atoms with Crippen LogP contribution in [0.3, 0.4) is 0 Å². The first-order valence-electron chi connectivity index (χ1n) is 6.06. The van der Waals surface area contributed by atoms with Crippen molar-refractivity contribution in [2.45, 2.75) is 44.6 Å². The average Bonchev–Trinajstić information content (AvgIpc) is 2.53. The number of hydrogen-bond donors (Lipinski definition) is 1. The van der Waals surface area contributed by atoms with Crippen molar-refractivity contribution < 1.29 is 0 Å². The monoisotopic (exact) mass is 207 g/mol. The molecule has 0 spiro atoms. The Bertz CT molecular complexity index is 285.